The lowest BCUT2D eigenvalue weighted by atomic mass is 9.93. The monoisotopic (exact) mass is 775 g/mol. The topological polar surface area (TPSA) is 134 Å². The number of thiazole rings is 1. The van der Waals surface area contributed by atoms with E-state index in [0.29, 0.717) is 54.1 Å². The molecule has 2 aliphatic rings. The molecule has 12 heteroatoms. The predicted molar refractivity (Wildman–Crippen MR) is 220 cm³/mol. The van der Waals surface area contributed by atoms with Crippen LogP contribution in [0.4, 0.5) is 10.9 Å². The van der Waals surface area contributed by atoms with E-state index in [9.17, 15) is 19.5 Å². The highest BCUT2D eigenvalue weighted by atomic mass is 32.1. The second kappa shape index (κ2) is 16.8. The number of aliphatic carboxylic acids is 1. The lowest BCUT2D eigenvalue weighted by Gasteiger charge is -2.31. The highest BCUT2D eigenvalue weighted by molar-refractivity contribution is 7.22. The zero-order valence-corrected chi connectivity index (χ0v) is 33.3. The maximum atomic E-state index is 13.9. The van der Waals surface area contributed by atoms with E-state index in [1.54, 1.807) is 0 Å². The van der Waals surface area contributed by atoms with Gasteiger partial charge >= 0.3 is 11.9 Å². The fraction of sp³-hybridized carbons (Fsp3) is 0.386. The minimum Gasteiger partial charge on any atom is -0.493 e. The number of pyridine rings is 1. The lowest BCUT2D eigenvalue weighted by molar-refractivity contribution is -0.138. The normalized spacial score (nSPS) is 16.0. The highest BCUT2D eigenvalue weighted by Crippen LogP contribution is 2.35. The van der Waals surface area contributed by atoms with Crippen LogP contribution in [0, 0.1) is 12.8 Å². The van der Waals surface area contributed by atoms with Crippen molar-refractivity contribution >= 4 is 50.3 Å². The van der Waals surface area contributed by atoms with Gasteiger partial charge in [0.05, 0.1) is 23.4 Å². The van der Waals surface area contributed by atoms with Crippen molar-refractivity contribution in [1.29, 1.82) is 0 Å². The van der Waals surface area contributed by atoms with Crippen molar-refractivity contribution in [3.05, 3.63) is 101 Å². The fourth-order valence-electron chi connectivity index (χ4n) is 7.74. The van der Waals surface area contributed by atoms with Gasteiger partial charge in [-0.15, -0.1) is 0 Å². The number of carbonyl (C=O) groups is 3. The van der Waals surface area contributed by atoms with Crippen molar-refractivity contribution in [3.8, 4) is 16.9 Å². The maximum Gasteiger partial charge on any atom is 0.358 e. The van der Waals surface area contributed by atoms with Crippen LogP contribution in [0.5, 0.6) is 5.75 Å². The third-order valence-corrected chi connectivity index (χ3v) is 11.3. The largest absolute Gasteiger partial charge is 0.493 e. The van der Waals surface area contributed by atoms with Crippen LogP contribution >= 0.6 is 11.3 Å². The first-order valence-corrected chi connectivity index (χ1v) is 20.2. The van der Waals surface area contributed by atoms with Gasteiger partial charge in [0, 0.05) is 30.8 Å². The van der Waals surface area contributed by atoms with Gasteiger partial charge in [-0.05, 0) is 131 Å². The number of hydrogen-bond donors (Lipinski definition) is 2. The molecular weight excluding hydrogens is 727 g/mol. The Balaban J connectivity index is 1.09. The minimum atomic E-state index is -0.779. The average molecular weight is 776 g/mol. The van der Waals surface area contributed by atoms with Crippen molar-refractivity contribution in [1.82, 2.24) is 14.9 Å². The third-order valence-electron chi connectivity index (χ3n) is 10.4. The zero-order chi connectivity index (χ0) is 39.4. The number of para-hydroxylation sites is 1. The number of likely N-dealkylation sites (tertiary alicyclic amines) is 1. The molecule has 2 aliphatic heterocycles. The van der Waals surface area contributed by atoms with Crippen LogP contribution in [0.2, 0.25) is 0 Å². The number of ether oxygens (including phenoxy) is 2. The van der Waals surface area contributed by atoms with Crippen LogP contribution in [-0.4, -0.2) is 76.2 Å². The van der Waals surface area contributed by atoms with E-state index in [-0.39, 0.29) is 18.1 Å². The van der Waals surface area contributed by atoms with Crippen molar-refractivity contribution in [2.45, 2.75) is 71.9 Å². The van der Waals surface area contributed by atoms with Crippen LogP contribution in [0.15, 0.2) is 72.8 Å². The second-order valence-electron chi connectivity index (χ2n) is 15.7. The Kier molecular flexibility index (Phi) is 11.7. The molecule has 11 nitrogen and oxygen atoms in total. The summed E-state index contributed by atoms with van der Waals surface area (Å²) in [6.45, 7) is 10.9. The number of piperidine rings is 1. The molecule has 2 N–H and O–H groups in total. The van der Waals surface area contributed by atoms with Gasteiger partial charge in [-0.3, -0.25) is 19.8 Å². The Bertz CT molecular complexity index is 2210. The Morgan fingerprint density at radius 3 is 2.59 bits per heavy atom. The number of amides is 1. The maximum absolute atomic E-state index is 13.9. The van der Waals surface area contributed by atoms with E-state index in [4.69, 9.17) is 14.5 Å². The Morgan fingerprint density at radius 1 is 0.964 bits per heavy atom. The summed E-state index contributed by atoms with van der Waals surface area (Å²) in [6.07, 6.45) is 4.66. The fourth-order valence-corrected chi connectivity index (χ4v) is 8.60. The molecule has 1 saturated heterocycles. The molecule has 1 amide bonds. The van der Waals surface area contributed by atoms with E-state index in [1.807, 2.05) is 99.3 Å². The van der Waals surface area contributed by atoms with E-state index >= 15 is 0 Å². The second-order valence-corrected chi connectivity index (χ2v) is 16.7. The molecule has 5 aromatic rings. The van der Waals surface area contributed by atoms with Crippen LogP contribution < -0.4 is 15.0 Å². The first-order valence-electron chi connectivity index (χ1n) is 19.4. The van der Waals surface area contributed by atoms with Gasteiger partial charge in [-0.25, -0.2) is 14.8 Å². The first kappa shape index (κ1) is 38.9. The molecule has 0 spiro atoms. The van der Waals surface area contributed by atoms with E-state index in [1.165, 1.54) is 11.3 Å². The number of nitrogens with one attached hydrogen (secondary N) is 1. The SMILES string of the molecule is Cc1c(OCCCC2CCCN(CC(=O)O)C2)cccc1-c1ccc(N2CCc3cccc(C(=O)Nc4nc5ccccc5s4)c3C2)nc1C(=O)OC(C)(C)C. The number of benzene rings is 3. The molecule has 7 rings (SSSR count). The summed E-state index contributed by atoms with van der Waals surface area (Å²) >= 11 is 1.44. The predicted octanol–water partition coefficient (Wildman–Crippen LogP) is 8.39. The van der Waals surface area contributed by atoms with Gasteiger partial charge in [0.25, 0.3) is 5.91 Å². The summed E-state index contributed by atoms with van der Waals surface area (Å²) in [4.78, 5) is 52.5. The number of carboxylic acids is 1. The number of carbonyl (C=O) groups excluding carboxylic acids is 2. The average Bonchev–Trinajstić information content (AvgIpc) is 3.58. The van der Waals surface area contributed by atoms with E-state index in [2.05, 4.69) is 21.3 Å². The lowest BCUT2D eigenvalue weighted by Crippen LogP contribution is -2.38. The number of hydrogen-bond acceptors (Lipinski definition) is 10. The van der Waals surface area contributed by atoms with Gasteiger partial charge in [-0.2, -0.15) is 0 Å². The Labute approximate surface area is 331 Å². The smallest absolute Gasteiger partial charge is 0.358 e. The number of fused-ring (bicyclic) bond motifs is 2. The van der Waals surface area contributed by atoms with Crippen molar-refractivity contribution < 1.29 is 29.0 Å². The molecule has 1 atom stereocenters. The summed E-state index contributed by atoms with van der Waals surface area (Å²) in [5, 5.41) is 12.8. The van der Waals surface area contributed by atoms with Crippen molar-refractivity contribution in [3.63, 3.8) is 0 Å². The molecule has 0 saturated carbocycles. The standard InChI is InChI=1S/C44H49N5O6S/c1-28-31(14-8-17-36(28)54-24-10-12-29-11-9-22-48(25-29)27-39(50)51)32-19-20-38(46-40(32)42(53)55-44(2,3)4)49-23-21-30-13-7-15-33(34(30)26-49)41(52)47-43-45-35-16-5-6-18-37(35)56-43/h5-8,13-20,29H,9-12,21-27H2,1-4H3,(H,50,51)(H,45,47,52). The van der Waals surface area contributed by atoms with Crippen LogP contribution in [0.3, 0.4) is 0 Å². The third kappa shape index (κ3) is 9.20. The molecule has 56 heavy (non-hydrogen) atoms. The molecule has 292 valence electrons. The van der Waals surface area contributed by atoms with Crippen molar-refractivity contribution in [2.24, 2.45) is 5.92 Å². The molecule has 3 aromatic carbocycles. The van der Waals surface area contributed by atoms with E-state index in [0.717, 1.165) is 77.0 Å². The Hall–Kier alpha value is -5.33. The number of esters is 1. The molecule has 1 unspecified atom stereocenters. The number of rotatable bonds is 12. The van der Waals surface area contributed by atoms with Crippen LogP contribution in [0.1, 0.15) is 84.0 Å². The number of carboxylic acid groups (broad SMARTS) is 1. The van der Waals surface area contributed by atoms with Gasteiger partial charge in [-0.1, -0.05) is 47.7 Å². The molecule has 1 fully saturated rings. The zero-order valence-electron chi connectivity index (χ0n) is 32.5. The number of nitrogens with zero attached hydrogens (tertiary/aromatic N) is 4. The summed E-state index contributed by atoms with van der Waals surface area (Å²) in [6, 6.07) is 23.3. The highest BCUT2D eigenvalue weighted by Gasteiger charge is 2.28. The molecule has 2 aromatic heterocycles. The summed E-state index contributed by atoms with van der Waals surface area (Å²) in [5.74, 6) is 0.311. The Morgan fingerprint density at radius 2 is 1.79 bits per heavy atom. The van der Waals surface area contributed by atoms with Gasteiger partial charge in [0.2, 0.25) is 0 Å². The molecule has 0 aliphatic carbocycles. The molecule has 0 radical (unpaired) electrons. The van der Waals surface area contributed by atoms with Crippen LogP contribution in [0.25, 0.3) is 21.3 Å². The molecular formula is C44H49N5O6S. The molecule has 0 bridgehead atoms. The minimum absolute atomic E-state index is 0.0955. The molecule has 4 heterocycles. The number of aromatic nitrogens is 2. The summed E-state index contributed by atoms with van der Waals surface area (Å²) in [7, 11) is 0. The van der Waals surface area contributed by atoms with Crippen LogP contribution in [-0.2, 0) is 22.5 Å². The van der Waals surface area contributed by atoms with Gasteiger partial charge < -0.3 is 19.5 Å². The van der Waals surface area contributed by atoms with Gasteiger partial charge in [0.1, 0.15) is 17.2 Å². The van der Waals surface area contributed by atoms with Gasteiger partial charge in [0.15, 0.2) is 10.8 Å². The number of anilines is 2. The summed E-state index contributed by atoms with van der Waals surface area (Å²) < 4.78 is 13.2. The van der Waals surface area contributed by atoms with E-state index < -0.39 is 17.5 Å². The van der Waals surface area contributed by atoms with Crippen molar-refractivity contribution in [2.75, 3.05) is 43.0 Å². The quantitative estimate of drug-likeness (QED) is 0.0940. The first-order chi connectivity index (χ1) is 26.9. The summed E-state index contributed by atoms with van der Waals surface area (Å²) in [5.41, 5.74) is 5.32.